The first-order chi connectivity index (χ1) is 9.72. The average Bonchev–Trinajstić information content (AvgIpc) is 2.53. The second-order valence-electron chi connectivity index (χ2n) is 4.48. The summed E-state index contributed by atoms with van der Waals surface area (Å²) in [6, 6.07) is 17.2. The molecule has 0 saturated carbocycles. The molecule has 0 aliphatic carbocycles. The number of nitrogens with one attached hydrogen (secondary N) is 1. The summed E-state index contributed by atoms with van der Waals surface area (Å²) in [5.74, 6) is -0.285. The number of benzene rings is 2. The van der Waals surface area contributed by atoms with E-state index in [1.54, 1.807) is 36.4 Å². The summed E-state index contributed by atoms with van der Waals surface area (Å²) in [6.45, 7) is -0.422. The van der Waals surface area contributed by atoms with Gasteiger partial charge in [0.25, 0.3) is 5.91 Å². The quantitative estimate of drug-likeness (QED) is 0.772. The van der Waals surface area contributed by atoms with Crippen LogP contribution in [-0.2, 0) is 0 Å². The molecule has 0 aliphatic rings. The van der Waals surface area contributed by atoms with Gasteiger partial charge in [0.2, 0.25) is 0 Å². The van der Waals surface area contributed by atoms with Crippen molar-refractivity contribution >= 4 is 5.91 Å². The van der Waals surface area contributed by atoms with Gasteiger partial charge in [-0.25, -0.2) is 0 Å². The lowest BCUT2D eigenvalue weighted by atomic mass is 10.0. The number of aliphatic hydroxyl groups excluding tert-OH is 2. The van der Waals surface area contributed by atoms with Crippen molar-refractivity contribution in [2.45, 2.75) is 12.1 Å². The highest BCUT2D eigenvalue weighted by Crippen LogP contribution is 2.17. The van der Waals surface area contributed by atoms with Crippen LogP contribution in [0.5, 0.6) is 0 Å². The molecular weight excluding hydrogens is 254 g/mol. The molecule has 0 heterocycles. The fraction of sp³-hybridized carbons (Fsp3) is 0.188. The zero-order valence-electron chi connectivity index (χ0n) is 10.9. The van der Waals surface area contributed by atoms with Gasteiger partial charge in [-0.1, -0.05) is 48.5 Å². The SMILES string of the molecule is O=C(N[C@@H](c1ccccc1)[C@H](O)CO)c1ccccc1. The highest BCUT2D eigenvalue weighted by molar-refractivity contribution is 5.94. The second kappa shape index (κ2) is 6.84. The van der Waals surface area contributed by atoms with Gasteiger partial charge in [0.05, 0.1) is 12.6 Å². The standard InChI is InChI=1S/C16H17NO3/c18-11-14(19)15(12-7-3-1-4-8-12)17-16(20)13-9-5-2-6-10-13/h1-10,14-15,18-19H,11H2,(H,17,20)/t14-,15+/m1/s1. The number of hydrogen-bond donors (Lipinski definition) is 3. The molecule has 0 aromatic heterocycles. The van der Waals surface area contributed by atoms with Crippen LogP contribution in [-0.4, -0.2) is 28.8 Å². The third-order valence-electron chi connectivity index (χ3n) is 3.05. The van der Waals surface area contributed by atoms with Crippen LogP contribution >= 0.6 is 0 Å². The van der Waals surface area contributed by atoms with Crippen molar-refractivity contribution in [1.82, 2.24) is 5.32 Å². The Morgan fingerprint density at radius 1 is 1.00 bits per heavy atom. The molecule has 2 atom stereocenters. The minimum atomic E-state index is -1.05. The summed E-state index contributed by atoms with van der Waals surface area (Å²) < 4.78 is 0. The molecule has 2 aromatic rings. The summed E-state index contributed by atoms with van der Waals surface area (Å²) in [7, 11) is 0. The molecule has 2 rings (SSSR count). The molecule has 4 nitrogen and oxygen atoms in total. The van der Waals surface area contributed by atoms with Crippen LogP contribution in [0.15, 0.2) is 60.7 Å². The molecule has 0 spiro atoms. The Balaban J connectivity index is 2.19. The zero-order valence-corrected chi connectivity index (χ0v) is 10.9. The molecule has 0 fully saturated rings. The van der Waals surface area contributed by atoms with Crippen LogP contribution < -0.4 is 5.32 Å². The van der Waals surface area contributed by atoms with E-state index in [1.807, 2.05) is 24.3 Å². The summed E-state index contributed by atoms with van der Waals surface area (Å²) >= 11 is 0. The van der Waals surface area contributed by atoms with Crippen molar-refractivity contribution < 1.29 is 15.0 Å². The Kier molecular flexibility index (Phi) is 4.87. The molecule has 0 radical (unpaired) electrons. The first-order valence-corrected chi connectivity index (χ1v) is 6.42. The van der Waals surface area contributed by atoms with Crippen LogP contribution in [0, 0.1) is 0 Å². The maximum atomic E-state index is 12.1. The smallest absolute Gasteiger partial charge is 0.251 e. The topological polar surface area (TPSA) is 69.6 Å². The predicted molar refractivity (Wildman–Crippen MR) is 76.2 cm³/mol. The number of rotatable bonds is 5. The molecule has 2 aromatic carbocycles. The van der Waals surface area contributed by atoms with Crippen molar-refractivity contribution in [2.75, 3.05) is 6.61 Å². The van der Waals surface area contributed by atoms with Gasteiger partial charge >= 0.3 is 0 Å². The van der Waals surface area contributed by atoms with Crippen molar-refractivity contribution in [3.8, 4) is 0 Å². The van der Waals surface area contributed by atoms with Gasteiger partial charge in [0.15, 0.2) is 0 Å². The highest BCUT2D eigenvalue weighted by Gasteiger charge is 2.22. The lowest BCUT2D eigenvalue weighted by molar-refractivity contribution is 0.0564. The van der Waals surface area contributed by atoms with E-state index in [2.05, 4.69) is 5.32 Å². The summed E-state index contributed by atoms with van der Waals surface area (Å²) in [6.07, 6.45) is -1.05. The van der Waals surface area contributed by atoms with Crippen LogP contribution in [0.2, 0.25) is 0 Å². The highest BCUT2D eigenvalue weighted by atomic mass is 16.3. The molecule has 1 amide bonds. The first-order valence-electron chi connectivity index (χ1n) is 6.42. The number of amides is 1. The molecule has 0 aliphatic heterocycles. The van der Waals surface area contributed by atoms with Crippen molar-refractivity contribution in [2.24, 2.45) is 0 Å². The number of aliphatic hydroxyl groups is 2. The van der Waals surface area contributed by atoms with E-state index in [9.17, 15) is 9.90 Å². The van der Waals surface area contributed by atoms with Gasteiger partial charge < -0.3 is 15.5 Å². The third kappa shape index (κ3) is 3.44. The number of carbonyl (C=O) groups excluding carboxylic acids is 1. The Morgan fingerprint density at radius 2 is 1.55 bits per heavy atom. The third-order valence-corrected chi connectivity index (χ3v) is 3.05. The van der Waals surface area contributed by atoms with Crippen LogP contribution in [0.4, 0.5) is 0 Å². The largest absolute Gasteiger partial charge is 0.394 e. The Morgan fingerprint density at radius 3 is 2.10 bits per heavy atom. The molecular formula is C16H17NO3. The normalized spacial score (nSPS) is 13.5. The zero-order chi connectivity index (χ0) is 14.4. The van der Waals surface area contributed by atoms with Gasteiger partial charge in [0, 0.05) is 5.56 Å². The summed E-state index contributed by atoms with van der Waals surface area (Å²) in [4.78, 5) is 12.1. The van der Waals surface area contributed by atoms with Gasteiger partial charge in [0.1, 0.15) is 6.10 Å². The average molecular weight is 271 g/mol. The van der Waals surface area contributed by atoms with Gasteiger partial charge in [-0.2, -0.15) is 0 Å². The lowest BCUT2D eigenvalue weighted by Gasteiger charge is -2.23. The molecule has 20 heavy (non-hydrogen) atoms. The Hall–Kier alpha value is -2.17. The molecule has 3 N–H and O–H groups in total. The lowest BCUT2D eigenvalue weighted by Crippen LogP contribution is -2.38. The van der Waals surface area contributed by atoms with Crippen LogP contribution in [0.1, 0.15) is 22.0 Å². The van der Waals surface area contributed by atoms with E-state index in [4.69, 9.17) is 5.11 Å². The minimum Gasteiger partial charge on any atom is -0.394 e. The summed E-state index contributed by atoms with van der Waals surface area (Å²) in [5, 5.41) is 21.8. The van der Waals surface area contributed by atoms with E-state index in [1.165, 1.54) is 0 Å². The Labute approximate surface area is 117 Å². The maximum absolute atomic E-state index is 12.1. The number of carbonyl (C=O) groups is 1. The van der Waals surface area contributed by atoms with E-state index < -0.39 is 18.8 Å². The molecule has 104 valence electrons. The van der Waals surface area contributed by atoms with Gasteiger partial charge in [-0.15, -0.1) is 0 Å². The van der Waals surface area contributed by atoms with Crippen molar-refractivity contribution in [3.63, 3.8) is 0 Å². The fourth-order valence-corrected chi connectivity index (χ4v) is 1.98. The second-order valence-corrected chi connectivity index (χ2v) is 4.48. The monoisotopic (exact) mass is 271 g/mol. The van der Waals surface area contributed by atoms with Crippen LogP contribution in [0.25, 0.3) is 0 Å². The van der Waals surface area contributed by atoms with E-state index in [0.717, 1.165) is 5.56 Å². The fourth-order valence-electron chi connectivity index (χ4n) is 1.98. The van der Waals surface area contributed by atoms with Gasteiger partial charge in [-0.05, 0) is 17.7 Å². The van der Waals surface area contributed by atoms with Crippen LogP contribution in [0.3, 0.4) is 0 Å². The van der Waals surface area contributed by atoms with Crippen molar-refractivity contribution in [3.05, 3.63) is 71.8 Å². The molecule has 0 unspecified atom stereocenters. The Bertz CT molecular complexity index is 542. The molecule has 0 bridgehead atoms. The van der Waals surface area contributed by atoms with E-state index in [-0.39, 0.29) is 5.91 Å². The minimum absolute atomic E-state index is 0.285. The maximum Gasteiger partial charge on any atom is 0.251 e. The van der Waals surface area contributed by atoms with E-state index in [0.29, 0.717) is 5.56 Å². The van der Waals surface area contributed by atoms with Gasteiger partial charge in [-0.3, -0.25) is 4.79 Å². The first kappa shape index (κ1) is 14.2. The molecule has 4 heteroatoms. The molecule has 0 saturated heterocycles. The predicted octanol–water partition coefficient (Wildman–Crippen LogP) is 1.51. The van der Waals surface area contributed by atoms with E-state index >= 15 is 0 Å². The summed E-state index contributed by atoms with van der Waals surface area (Å²) in [5.41, 5.74) is 1.26. The van der Waals surface area contributed by atoms with Crippen molar-refractivity contribution in [1.29, 1.82) is 0 Å². The number of hydrogen-bond acceptors (Lipinski definition) is 3.